The van der Waals surface area contributed by atoms with Gasteiger partial charge in [0.1, 0.15) is 0 Å². The molecule has 0 bridgehead atoms. The molecule has 198 valence electrons. The molecule has 2 aromatic heterocycles. The van der Waals surface area contributed by atoms with Gasteiger partial charge in [0, 0.05) is 71.2 Å². The van der Waals surface area contributed by atoms with E-state index in [1.54, 1.807) is 5.56 Å². The topological polar surface area (TPSA) is 58.3 Å². The van der Waals surface area contributed by atoms with Crippen molar-refractivity contribution in [3.05, 3.63) is 77.1 Å². The lowest BCUT2D eigenvalue weighted by atomic mass is 9.72. The molecular weight excluding hydrogens is 468 g/mol. The van der Waals surface area contributed by atoms with E-state index in [1.807, 2.05) is 0 Å². The highest BCUT2D eigenvalue weighted by molar-refractivity contribution is 5.98. The van der Waals surface area contributed by atoms with Crippen LogP contribution in [0.2, 0.25) is 0 Å². The largest absolute Gasteiger partial charge is 0.396 e. The van der Waals surface area contributed by atoms with E-state index in [-0.39, 0.29) is 12.5 Å². The first-order valence-corrected chi connectivity index (χ1v) is 14.5. The Kier molecular flexibility index (Phi) is 5.99. The van der Waals surface area contributed by atoms with Crippen molar-refractivity contribution in [2.75, 3.05) is 33.8 Å². The van der Waals surface area contributed by atoms with Gasteiger partial charge in [-0.25, -0.2) is 0 Å². The monoisotopic (exact) mass is 508 g/mol. The van der Waals surface area contributed by atoms with Crippen molar-refractivity contribution >= 4 is 27.4 Å². The molecule has 2 aliphatic heterocycles. The average Bonchev–Trinajstić information content (AvgIpc) is 3.56. The number of benzene rings is 2. The summed E-state index contributed by atoms with van der Waals surface area (Å²) in [6, 6.07) is 14.4. The van der Waals surface area contributed by atoms with Crippen LogP contribution in [0.1, 0.15) is 47.9 Å². The molecular formula is C33H40N4O. The number of aromatic nitrogens is 2. The number of piperidine rings is 1. The molecule has 4 heterocycles. The fraction of sp³-hybridized carbons (Fsp3) is 0.455. The number of aliphatic hydroxyl groups is 1. The third-order valence-corrected chi connectivity index (χ3v) is 9.96. The summed E-state index contributed by atoms with van der Waals surface area (Å²) < 4.78 is 0. The molecule has 3 N–H and O–H groups in total. The van der Waals surface area contributed by atoms with E-state index in [2.05, 4.69) is 95.7 Å². The zero-order valence-electron chi connectivity index (χ0n) is 22.9. The minimum absolute atomic E-state index is 0.233. The first kappa shape index (κ1) is 24.2. The van der Waals surface area contributed by atoms with Gasteiger partial charge in [-0.1, -0.05) is 43.7 Å². The molecule has 5 atom stereocenters. The number of aromatic amines is 2. The maximum absolute atomic E-state index is 9.47. The highest BCUT2D eigenvalue weighted by Crippen LogP contribution is 2.45. The lowest BCUT2D eigenvalue weighted by molar-refractivity contribution is 0.110. The van der Waals surface area contributed by atoms with Gasteiger partial charge in [0.2, 0.25) is 0 Å². The number of fused-ring (bicyclic) bond motifs is 4. The summed E-state index contributed by atoms with van der Waals surface area (Å²) in [5.74, 6) is 1.85. The summed E-state index contributed by atoms with van der Waals surface area (Å²) in [5, 5.41) is 12.4. The van der Waals surface area contributed by atoms with Crippen molar-refractivity contribution in [2.24, 2.45) is 11.8 Å². The van der Waals surface area contributed by atoms with Crippen LogP contribution < -0.4 is 0 Å². The zero-order valence-corrected chi connectivity index (χ0v) is 22.9. The molecule has 0 radical (unpaired) electrons. The van der Waals surface area contributed by atoms with Gasteiger partial charge in [-0.05, 0) is 79.2 Å². The number of rotatable bonds is 2. The fourth-order valence-electron chi connectivity index (χ4n) is 8.01. The molecule has 5 heteroatoms. The van der Waals surface area contributed by atoms with Crippen molar-refractivity contribution in [1.29, 1.82) is 0 Å². The number of aliphatic hydroxyl groups excluding tert-OH is 1. The number of likely N-dealkylation sites (N-methyl/N-ethyl adjacent to an activating group) is 2. The summed E-state index contributed by atoms with van der Waals surface area (Å²) in [6.07, 6.45) is 11.6. The van der Waals surface area contributed by atoms with Crippen molar-refractivity contribution in [1.82, 2.24) is 19.8 Å². The molecule has 4 aliphatic rings. The van der Waals surface area contributed by atoms with E-state index in [0.29, 0.717) is 12.1 Å². The summed E-state index contributed by atoms with van der Waals surface area (Å²) in [7, 11) is 4.48. The summed E-state index contributed by atoms with van der Waals surface area (Å²) in [4.78, 5) is 11.8. The molecule has 0 amide bonds. The highest BCUT2D eigenvalue weighted by atomic mass is 16.3. The summed E-state index contributed by atoms with van der Waals surface area (Å²) in [5.41, 5.74) is 9.82. The minimum atomic E-state index is 0.233. The molecule has 4 aromatic rings. The van der Waals surface area contributed by atoms with Crippen LogP contribution in [-0.4, -0.2) is 70.7 Å². The van der Waals surface area contributed by atoms with E-state index < -0.39 is 0 Å². The van der Waals surface area contributed by atoms with E-state index >= 15 is 0 Å². The highest BCUT2D eigenvalue weighted by Gasteiger charge is 2.38. The number of hydrogen-bond donors (Lipinski definition) is 3. The predicted octanol–water partition coefficient (Wildman–Crippen LogP) is 5.57. The number of likely N-dealkylation sites (tertiary alicyclic amines) is 1. The lowest BCUT2D eigenvalue weighted by Crippen LogP contribution is -2.47. The molecule has 0 saturated carbocycles. The standard InChI is InChI=1S/C17H22N2.C16H18N2O/c1-3-11-7-14-13-5-4-6-15-17(13)12(9-18-15)8-16(14)19(2)10-11;1-18-8-10(9-19)5-13-12-3-2-4-14-16(12)11(7-17-14)6-15(13)18/h4-6,9,11,14,16,18H,3,7-8,10H2,1-2H3;2-5,7,10,15,17,19H,6,8-9H2,1H3/t11-,14-,16-;10-,15-/m11/s1. The van der Waals surface area contributed by atoms with Gasteiger partial charge in [-0.3, -0.25) is 4.90 Å². The molecule has 0 unspecified atom stereocenters. The Morgan fingerprint density at radius 3 is 2.39 bits per heavy atom. The van der Waals surface area contributed by atoms with Crippen LogP contribution in [0, 0.1) is 11.8 Å². The SMILES string of the molecule is CC[C@@H]1C[C@@H]2c3cccc4[nH]cc(c34)C[C@H]2N(C)C1.CN1C[C@H](CO)C=C2c3cccc4[nH]cc(c34)C[C@H]21. The average molecular weight is 509 g/mol. The summed E-state index contributed by atoms with van der Waals surface area (Å²) in [6.45, 7) is 4.79. The molecule has 0 spiro atoms. The second kappa shape index (κ2) is 9.41. The molecule has 2 aliphatic carbocycles. The van der Waals surface area contributed by atoms with Crippen molar-refractivity contribution < 1.29 is 5.11 Å². The molecule has 8 rings (SSSR count). The molecule has 1 fully saturated rings. The van der Waals surface area contributed by atoms with E-state index in [0.717, 1.165) is 24.8 Å². The van der Waals surface area contributed by atoms with Gasteiger partial charge in [0.25, 0.3) is 0 Å². The van der Waals surface area contributed by atoms with Gasteiger partial charge in [0.15, 0.2) is 0 Å². The Balaban J connectivity index is 0.000000127. The van der Waals surface area contributed by atoms with Crippen LogP contribution in [0.4, 0.5) is 0 Å². The number of nitrogens with one attached hydrogen (secondary N) is 2. The smallest absolute Gasteiger partial charge is 0.0506 e. The third-order valence-electron chi connectivity index (χ3n) is 9.96. The van der Waals surface area contributed by atoms with Crippen LogP contribution >= 0.6 is 0 Å². The van der Waals surface area contributed by atoms with Crippen LogP contribution in [0.25, 0.3) is 27.4 Å². The van der Waals surface area contributed by atoms with Crippen molar-refractivity contribution in [3.8, 4) is 0 Å². The normalized spacial score (nSPS) is 28.4. The maximum Gasteiger partial charge on any atom is 0.0506 e. The molecule has 1 saturated heterocycles. The quantitative estimate of drug-likeness (QED) is 0.332. The van der Waals surface area contributed by atoms with Crippen LogP contribution in [-0.2, 0) is 12.8 Å². The first-order chi connectivity index (χ1) is 18.6. The van der Waals surface area contributed by atoms with Gasteiger partial charge in [-0.15, -0.1) is 0 Å². The Bertz CT molecular complexity index is 1510. The van der Waals surface area contributed by atoms with E-state index in [1.165, 1.54) is 69.9 Å². The predicted molar refractivity (Wildman–Crippen MR) is 157 cm³/mol. The Labute approximate surface area is 225 Å². The zero-order chi connectivity index (χ0) is 26.0. The van der Waals surface area contributed by atoms with Gasteiger partial charge < -0.3 is 20.0 Å². The Hall–Kier alpha value is -2.86. The number of nitrogens with zero attached hydrogens (tertiary/aromatic N) is 2. The van der Waals surface area contributed by atoms with Crippen molar-refractivity contribution in [3.63, 3.8) is 0 Å². The maximum atomic E-state index is 9.47. The second-order valence-corrected chi connectivity index (χ2v) is 12.2. The third kappa shape index (κ3) is 3.78. The van der Waals surface area contributed by atoms with Crippen LogP contribution in [0.15, 0.2) is 54.9 Å². The fourth-order valence-corrected chi connectivity index (χ4v) is 8.01. The molecule has 2 aromatic carbocycles. The van der Waals surface area contributed by atoms with E-state index in [9.17, 15) is 5.11 Å². The Morgan fingerprint density at radius 2 is 1.63 bits per heavy atom. The van der Waals surface area contributed by atoms with E-state index in [4.69, 9.17) is 0 Å². The second-order valence-electron chi connectivity index (χ2n) is 12.2. The Morgan fingerprint density at radius 1 is 0.895 bits per heavy atom. The van der Waals surface area contributed by atoms with Crippen LogP contribution in [0.5, 0.6) is 0 Å². The lowest BCUT2D eigenvalue weighted by Gasteiger charge is -2.45. The first-order valence-electron chi connectivity index (χ1n) is 14.5. The van der Waals surface area contributed by atoms with Gasteiger partial charge in [-0.2, -0.15) is 0 Å². The number of H-pyrrole nitrogens is 2. The number of hydrogen-bond acceptors (Lipinski definition) is 3. The minimum Gasteiger partial charge on any atom is -0.396 e. The van der Waals surface area contributed by atoms with Crippen molar-refractivity contribution in [2.45, 2.75) is 50.6 Å². The van der Waals surface area contributed by atoms with Crippen LogP contribution in [0.3, 0.4) is 0 Å². The molecule has 38 heavy (non-hydrogen) atoms. The van der Waals surface area contributed by atoms with Gasteiger partial charge >= 0.3 is 0 Å². The molecule has 5 nitrogen and oxygen atoms in total. The summed E-state index contributed by atoms with van der Waals surface area (Å²) >= 11 is 0. The van der Waals surface area contributed by atoms with Gasteiger partial charge in [0.05, 0.1) is 6.61 Å².